The molecule has 0 aliphatic heterocycles. The minimum atomic E-state index is -0.854. The maximum Gasteiger partial charge on any atom is 0.307 e. The highest BCUT2D eigenvalue weighted by Crippen LogP contribution is 2.13. The SMILES string of the molecule is NC(=S)c1nccn1Cc1ccccc1CC(=O)O. The van der Waals surface area contributed by atoms with Crippen molar-refractivity contribution in [2.24, 2.45) is 5.73 Å². The van der Waals surface area contributed by atoms with E-state index in [-0.39, 0.29) is 11.4 Å². The molecule has 19 heavy (non-hydrogen) atoms. The molecule has 2 aromatic rings. The van der Waals surface area contributed by atoms with Crippen molar-refractivity contribution in [3.63, 3.8) is 0 Å². The van der Waals surface area contributed by atoms with Crippen LogP contribution in [0.4, 0.5) is 0 Å². The Labute approximate surface area is 115 Å². The quantitative estimate of drug-likeness (QED) is 0.801. The third-order valence-electron chi connectivity index (χ3n) is 2.74. The van der Waals surface area contributed by atoms with Crippen LogP contribution in [-0.4, -0.2) is 25.6 Å². The molecular weight excluding hydrogens is 262 g/mol. The van der Waals surface area contributed by atoms with E-state index in [9.17, 15) is 4.79 Å². The lowest BCUT2D eigenvalue weighted by molar-refractivity contribution is -0.136. The van der Waals surface area contributed by atoms with Crippen molar-refractivity contribution in [3.05, 3.63) is 53.6 Å². The summed E-state index contributed by atoms with van der Waals surface area (Å²) in [7, 11) is 0. The number of carboxylic acid groups (broad SMARTS) is 1. The van der Waals surface area contributed by atoms with Crippen LogP contribution in [0.25, 0.3) is 0 Å². The number of aliphatic carboxylic acids is 1. The van der Waals surface area contributed by atoms with Gasteiger partial charge in [0.15, 0.2) is 5.82 Å². The van der Waals surface area contributed by atoms with E-state index < -0.39 is 5.97 Å². The average Bonchev–Trinajstić information content (AvgIpc) is 2.79. The normalized spacial score (nSPS) is 10.3. The van der Waals surface area contributed by atoms with Gasteiger partial charge in [0.2, 0.25) is 0 Å². The minimum absolute atomic E-state index is 0.00667. The Morgan fingerprint density at radius 3 is 2.68 bits per heavy atom. The van der Waals surface area contributed by atoms with Gasteiger partial charge in [0.25, 0.3) is 0 Å². The number of hydrogen-bond donors (Lipinski definition) is 2. The lowest BCUT2D eigenvalue weighted by atomic mass is 10.0. The van der Waals surface area contributed by atoms with E-state index in [1.54, 1.807) is 18.5 Å². The van der Waals surface area contributed by atoms with E-state index in [0.717, 1.165) is 11.1 Å². The zero-order valence-corrected chi connectivity index (χ0v) is 10.9. The monoisotopic (exact) mass is 275 g/mol. The topological polar surface area (TPSA) is 81.1 Å². The Morgan fingerprint density at radius 1 is 1.37 bits per heavy atom. The summed E-state index contributed by atoms with van der Waals surface area (Å²) in [6, 6.07) is 7.39. The number of thiocarbonyl (C=S) groups is 1. The van der Waals surface area contributed by atoms with Gasteiger partial charge in [0.1, 0.15) is 4.99 Å². The summed E-state index contributed by atoms with van der Waals surface area (Å²) in [5.74, 6) is -0.326. The third-order valence-corrected chi connectivity index (χ3v) is 2.92. The van der Waals surface area contributed by atoms with Crippen molar-refractivity contribution >= 4 is 23.2 Å². The second-order valence-electron chi connectivity index (χ2n) is 4.08. The largest absolute Gasteiger partial charge is 0.481 e. The summed E-state index contributed by atoms with van der Waals surface area (Å²) in [4.78, 5) is 15.1. The van der Waals surface area contributed by atoms with E-state index in [1.165, 1.54) is 0 Å². The Balaban J connectivity index is 2.30. The van der Waals surface area contributed by atoms with Gasteiger partial charge in [0.05, 0.1) is 6.42 Å². The second-order valence-corrected chi connectivity index (χ2v) is 4.52. The molecule has 0 atom stereocenters. The highest BCUT2D eigenvalue weighted by atomic mass is 32.1. The molecule has 1 aromatic carbocycles. The van der Waals surface area contributed by atoms with Crippen molar-refractivity contribution in [1.29, 1.82) is 0 Å². The molecule has 0 aliphatic carbocycles. The van der Waals surface area contributed by atoms with Gasteiger partial charge in [-0.25, -0.2) is 4.98 Å². The van der Waals surface area contributed by atoms with Crippen LogP contribution in [0.3, 0.4) is 0 Å². The Bertz CT molecular complexity index is 622. The van der Waals surface area contributed by atoms with Crippen molar-refractivity contribution in [3.8, 4) is 0 Å². The molecule has 3 N–H and O–H groups in total. The second kappa shape index (κ2) is 5.62. The summed E-state index contributed by atoms with van der Waals surface area (Å²) >= 11 is 4.92. The molecule has 5 nitrogen and oxygen atoms in total. The summed E-state index contributed by atoms with van der Waals surface area (Å²) in [6.07, 6.45) is 3.38. The predicted molar refractivity (Wildman–Crippen MR) is 75.0 cm³/mol. The zero-order valence-electron chi connectivity index (χ0n) is 10.1. The summed E-state index contributed by atoms with van der Waals surface area (Å²) in [5, 5.41) is 8.90. The highest BCUT2D eigenvalue weighted by Gasteiger charge is 2.10. The molecule has 0 radical (unpaired) electrons. The number of nitrogens with two attached hydrogens (primary N) is 1. The molecule has 0 spiro atoms. The van der Waals surface area contributed by atoms with Crippen LogP contribution in [0.2, 0.25) is 0 Å². The van der Waals surface area contributed by atoms with Gasteiger partial charge in [-0.05, 0) is 11.1 Å². The maximum atomic E-state index is 10.8. The molecule has 0 saturated carbocycles. The molecule has 2 rings (SSSR count). The van der Waals surface area contributed by atoms with Gasteiger partial charge in [-0.1, -0.05) is 36.5 Å². The maximum absolute atomic E-state index is 10.8. The summed E-state index contributed by atoms with van der Waals surface area (Å²) in [6.45, 7) is 0.496. The fourth-order valence-corrected chi connectivity index (χ4v) is 2.06. The van der Waals surface area contributed by atoms with E-state index >= 15 is 0 Å². The van der Waals surface area contributed by atoms with Gasteiger partial charge in [-0.3, -0.25) is 4.79 Å². The molecule has 6 heteroatoms. The average molecular weight is 275 g/mol. The number of nitrogens with zero attached hydrogens (tertiary/aromatic N) is 2. The fraction of sp³-hybridized carbons (Fsp3) is 0.154. The molecule has 0 bridgehead atoms. The van der Waals surface area contributed by atoms with E-state index in [1.807, 2.05) is 22.8 Å². The van der Waals surface area contributed by atoms with Gasteiger partial charge in [0, 0.05) is 18.9 Å². The zero-order chi connectivity index (χ0) is 13.8. The van der Waals surface area contributed by atoms with Crippen LogP contribution in [0, 0.1) is 0 Å². The van der Waals surface area contributed by atoms with Crippen molar-refractivity contribution in [2.45, 2.75) is 13.0 Å². The smallest absolute Gasteiger partial charge is 0.307 e. The number of rotatable bonds is 5. The number of hydrogen-bond acceptors (Lipinski definition) is 3. The first kappa shape index (κ1) is 13.2. The number of carboxylic acids is 1. The summed E-state index contributed by atoms with van der Waals surface area (Å²) in [5.41, 5.74) is 7.28. The van der Waals surface area contributed by atoms with E-state index in [0.29, 0.717) is 12.4 Å². The highest BCUT2D eigenvalue weighted by molar-refractivity contribution is 7.80. The molecule has 1 aromatic heterocycles. The first-order chi connectivity index (χ1) is 9.08. The van der Waals surface area contributed by atoms with Gasteiger partial charge in [-0.2, -0.15) is 0 Å². The van der Waals surface area contributed by atoms with Crippen LogP contribution in [0.1, 0.15) is 17.0 Å². The molecule has 1 heterocycles. The number of imidazole rings is 1. The van der Waals surface area contributed by atoms with Crippen LogP contribution in [0.5, 0.6) is 0 Å². The lowest BCUT2D eigenvalue weighted by Gasteiger charge is -2.10. The minimum Gasteiger partial charge on any atom is -0.481 e. The van der Waals surface area contributed by atoms with E-state index in [4.69, 9.17) is 23.1 Å². The predicted octanol–water partition coefficient (Wildman–Crippen LogP) is 1.19. The Morgan fingerprint density at radius 2 is 2.05 bits per heavy atom. The van der Waals surface area contributed by atoms with Gasteiger partial charge >= 0.3 is 5.97 Å². The molecule has 0 amide bonds. The van der Waals surface area contributed by atoms with Crippen LogP contribution in [-0.2, 0) is 17.8 Å². The standard InChI is InChI=1S/C13H13N3O2S/c14-12(19)13-15-5-6-16(13)8-10-4-2-1-3-9(10)7-11(17)18/h1-6H,7-8H2,(H2,14,19)(H,17,18). The Hall–Kier alpha value is -2.21. The number of carbonyl (C=O) groups is 1. The first-order valence-electron chi connectivity index (χ1n) is 5.67. The number of aromatic nitrogens is 2. The van der Waals surface area contributed by atoms with Crippen LogP contribution >= 0.6 is 12.2 Å². The molecule has 0 fully saturated rings. The van der Waals surface area contributed by atoms with Gasteiger partial charge in [-0.15, -0.1) is 0 Å². The van der Waals surface area contributed by atoms with Crippen molar-refractivity contribution < 1.29 is 9.90 Å². The van der Waals surface area contributed by atoms with Crippen molar-refractivity contribution in [2.75, 3.05) is 0 Å². The molecule has 0 aliphatic rings. The van der Waals surface area contributed by atoms with Gasteiger partial charge < -0.3 is 15.4 Å². The Kier molecular flexibility index (Phi) is 3.91. The summed E-state index contributed by atoms with van der Waals surface area (Å²) < 4.78 is 1.81. The molecule has 0 unspecified atom stereocenters. The molecule has 0 saturated heterocycles. The third kappa shape index (κ3) is 3.17. The van der Waals surface area contributed by atoms with Crippen molar-refractivity contribution in [1.82, 2.24) is 9.55 Å². The first-order valence-corrected chi connectivity index (χ1v) is 6.08. The number of benzene rings is 1. The fourth-order valence-electron chi connectivity index (χ4n) is 1.89. The molecule has 98 valence electrons. The van der Waals surface area contributed by atoms with Crippen LogP contribution in [0.15, 0.2) is 36.7 Å². The molecular formula is C13H13N3O2S. The van der Waals surface area contributed by atoms with Crippen LogP contribution < -0.4 is 5.73 Å². The lowest BCUT2D eigenvalue weighted by Crippen LogP contribution is -2.18. The van der Waals surface area contributed by atoms with E-state index in [2.05, 4.69) is 4.98 Å².